The van der Waals surface area contributed by atoms with Crippen LogP contribution in [-0.2, 0) is 4.74 Å². The highest BCUT2D eigenvalue weighted by Gasteiger charge is 2.21. The molecule has 0 radical (unpaired) electrons. The van der Waals surface area contributed by atoms with Crippen LogP contribution in [0.25, 0.3) is 28.5 Å². The summed E-state index contributed by atoms with van der Waals surface area (Å²) in [7, 11) is 0. The van der Waals surface area contributed by atoms with Gasteiger partial charge < -0.3 is 4.74 Å². The molecule has 0 fully saturated rings. The zero-order valence-corrected chi connectivity index (χ0v) is 15.4. The SMILES string of the molecule is CCOC(=O)c1ccccc1-n1c(-c2ccccc2)nnc1-c1ccccc1. The zero-order valence-electron chi connectivity index (χ0n) is 15.4. The summed E-state index contributed by atoms with van der Waals surface area (Å²) in [5.41, 5.74) is 2.98. The molecule has 0 N–H and O–H groups in total. The van der Waals surface area contributed by atoms with Crippen LogP contribution in [0.3, 0.4) is 0 Å². The van der Waals surface area contributed by atoms with E-state index in [1.54, 1.807) is 13.0 Å². The number of hydrogen-bond donors (Lipinski definition) is 0. The number of hydrogen-bond acceptors (Lipinski definition) is 4. The molecule has 3 aromatic carbocycles. The predicted octanol–water partition coefficient (Wildman–Crippen LogP) is 4.78. The second-order valence-electron chi connectivity index (χ2n) is 6.15. The Bertz CT molecular complexity index is 1030. The van der Waals surface area contributed by atoms with Crippen LogP contribution < -0.4 is 0 Å². The van der Waals surface area contributed by atoms with Crippen molar-refractivity contribution < 1.29 is 9.53 Å². The number of carbonyl (C=O) groups is 1. The molecule has 1 heterocycles. The summed E-state index contributed by atoms with van der Waals surface area (Å²) < 4.78 is 7.18. The number of aromatic nitrogens is 3. The molecule has 0 bridgehead atoms. The smallest absolute Gasteiger partial charge is 0.340 e. The fourth-order valence-electron chi connectivity index (χ4n) is 3.11. The minimum Gasteiger partial charge on any atom is -0.462 e. The maximum Gasteiger partial charge on any atom is 0.340 e. The largest absolute Gasteiger partial charge is 0.462 e. The molecule has 4 rings (SSSR count). The van der Waals surface area contributed by atoms with Crippen molar-refractivity contribution in [2.45, 2.75) is 6.92 Å². The van der Waals surface area contributed by atoms with Gasteiger partial charge in [0.1, 0.15) is 0 Å². The molecule has 0 atom stereocenters. The fourth-order valence-corrected chi connectivity index (χ4v) is 3.11. The van der Waals surface area contributed by atoms with Crippen LogP contribution in [0.1, 0.15) is 17.3 Å². The van der Waals surface area contributed by atoms with Crippen LogP contribution in [0.2, 0.25) is 0 Å². The van der Waals surface area contributed by atoms with E-state index in [2.05, 4.69) is 10.2 Å². The molecule has 0 saturated carbocycles. The van der Waals surface area contributed by atoms with Crippen molar-refractivity contribution in [3.05, 3.63) is 90.5 Å². The fraction of sp³-hybridized carbons (Fsp3) is 0.0870. The van der Waals surface area contributed by atoms with Gasteiger partial charge in [-0.3, -0.25) is 4.57 Å². The first-order valence-corrected chi connectivity index (χ1v) is 9.12. The number of rotatable bonds is 5. The van der Waals surface area contributed by atoms with Crippen LogP contribution in [0.4, 0.5) is 0 Å². The average Bonchev–Trinajstić information content (AvgIpc) is 3.20. The number of esters is 1. The van der Waals surface area contributed by atoms with Gasteiger partial charge in [-0.1, -0.05) is 72.8 Å². The lowest BCUT2D eigenvalue weighted by molar-refractivity contribution is 0.0526. The molecular formula is C23H19N3O2. The van der Waals surface area contributed by atoms with Crippen molar-refractivity contribution in [1.29, 1.82) is 0 Å². The van der Waals surface area contributed by atoms with E-state index >= 15 is 0 Å². The lowest BCUT2D eigenvalue weighted by Gasteiger charge is -2.14. The van der Waals surface area contributed by atoms with Crippen LogP contribution in [0.5, 0.6) is 0 Å². The summed E-state index contributed by atoms with van der Waals surface area (Å²) in [5, 5.41) is 8.89. The van der Waals surface area contributed by atoms with Gasteiger partial charge in [0, 0.05) is 11.1 Å². The standard InChI is InChI=1S/C23H19N3O2/c1-2-28-23(27)19-15-9-10-16-20(19)26-21(17-11-5-3-6-12-17)24-25-22(26)18-13-7-4-8-14-18/h3-16H,2H2,1H3. The highest BCUT2D eigenvalue weighted by Crippen LogP contribution is 2.30. The molecule has 138 valence electrons. The maximum absolute atomic E-state index is 12.6. The highest BCUT2D eigenvalue weighted by atomic mass is 16.5. The lowest BCUT2D eigenvalue weighted by atomic mass is 10.1. The maximum atomic E-state index is 12.6. The number of ether oxygens (including phenoxy) is 1. The molecule has 1 aromatic heterocycles. The minimum atomic E-state index is -0.371. The Kier molecular flexibility index (Phi) is 4.97. The Balaban J connectivity index is 1.98. The van der Waals surface area contributed by atoms with Crippen LogP contribution in [-0.4, -0.2) is 27.3 Å². The van der Waals surface area contributed by atoms with E-state index in [0.29, 0.717) is 29.5 Å². The first-order valence-electron chi connectivity index (χ1n) is 9.12. The second-order valence-corrected chi connectivity index (χ2v) is 6.15. The molecule has 0 aliphatic heterocycles. The van der Waals surface area contributed by atoms with Gasteiger partial charge in [0.25, 0.3) is 0 Å². The third-order valence-electron chi connectivity index (χ3n) is 4.37. The van der Waals surface area contributed by atoms with E-state index in [1.807, 2.05) is 83.4 Å². The highest BCUT2D eigenvalue weighted by molar-refractivity contribution is 5.94. The van der Waals surface area contributed by atoms with Gasteiger partial charge in [0.2, 0.25) is 0 Å². The summed E-state index contributed by atoms with van der Waals surface area (Å²) in [5.74, 6) is 0.956. The number of para-hydroxylation sites is 1. The van der Waals surface area contributed by atoms with Crippen molar-refractivity contribution >= 4 is 5.97 Å². The monoisotopic (exact) mass is 369 g/mol. The van der Waals surface area contributed by atoms with Crippen LogP contribution in [0.15, 0.2) is 84.9 Å². The molecule has 5 heteroatoms. The van der Waals surface area contributed by atoms with Crippen molar-refractivity contribution in [1.82, 2.24) is 14.8 Å². The van der Waals surface area contributed by atoms with Crippen LogP contribution >= 0.6 is 0 Å². The molecule has 4 aromatic rings. The number of carbonyl (C=O) groups excluding carboxylic acids is 1. The van der Waals surface area contributed by atoms with E-state index in [-0.39, 0.29) is 5.97 Å². The van der Waals surface area contributed by atoms with Crippen molar-refractivity contribution in [2.75, 3.05) is 6.61 Å². The Hall–Kier alpha value is -3.73. The molecule has 0 spiro atoms. The Morgan fingerprint density at radius 2 is 1.29 bits per heavy atom. The molecule has 28 heavy (non-hydrogen) atoms. The molecule has 0 aliphatic carbocycles. The van der Waals surface area contributed by atoms with Gasteiger partial charge in [0.05, 0.1) is 17.9 Å². The first-order chi connectivity index (χ1) is 13.8. The van der Waals surface area contributed by atoms with Crippen molar-refractivity contribution in [3.63, 3.8) is 0 Å². The third-order valence-corrected chi connectivity index (χ3v) is 4.37. The third kappa shape index (κ3) is 3.30. The van der Waals surface area contributed by atoms with E-state index in [0.717, 1.165) is 11.1 Å². The van der Waals surface area contributed by atoms with Crippen molar-refractivity contribution in [2.24, 2.45) is 0 Å². The Morgan fingerprint density at radius 1 is 0.786 bits per heavy atom. The number of nitrogens with zero attached hydrogens (tertiary/aromatic N) is 3. The topological polar surface area (TPSA) is 57.0 Å². The Labute approximate surface area is 163 Å². The summed E-state index contributed by atoms with van der Waals surface area (Å²) >= 11 is 0. The van der Waals surface area contributed by atoms with E-state index in [4.69, 9.17) is 4.74 Å². The van der Waals surface area contributed by atoms with Gasteiger partial charge >= 0.3 is 5.97 Å². The minimum absolute atomic E-state index is 0.312. The van der Waals surface area contributed by atoms with Gasteiger partial charge in [0.15, 0.2) is 11.6 Å². The summed E-state index contributed by atoms with van der Waals surface area (Å²) in [4.78, 5) is 12.6. The zero-order chi connectivity index (χ0) is 19.3. The van der Waals surface area contributed by atoms with E-state index in [9.17, 15) is 4.79 Å². The van der Waals surface area contributed by atoms with Gasteiger partial charge in [-0.2, -0.15) is 0 Å². The molecule has 0 saturated heterocycles. The predicted molar refractivity (Wildman–Crippen MR) is 108 cm³/mol. The normalized spacial score (nSPS) is 10.6. The van der Waals surface area contributed by atoms with E-state index in [1.165, 1.54) is 0 Å². The summed E-state index contributed by atoms with van der Waals surface area (Å²) in [6.45, 7) is 2.11. The lowest BCUT2D eigenvalue weighted by Crippen LogP contribution is -2.11. The molecule has 5 nitrogen and oxygen atoms in total. The number of benzene rings is 3. The molecular weight excluding hydrogens is 350 g/mol. The van der Waals surface area contributed by atoms with Gasteiger partial charge in [-0.05, 0) is 19.1 Å². The van der Waals surface area contributed by atoms with Gasteiger partial charge in [-0.15, -0.1) is 10.2 Å². The Morgan fingerprint density at radius 3 is 1.82 bits per heavy atom. The summed E-state index contributed by atoms with van der Waals surface area (Å²) in [6, 6.07) is 27.0. The van der Waals surface area contributed by atoms with Gasteiger partial charge in [-0.25, -0.2) is 4.79 Å². The molecule has 0 aliphatic rings. The van der Waals surface area contributed by atoms with Crippen LogP contribution in [0, 0.1) is 0 Å². The first kappa shape index (κ1) is 17.7. The quantitative estimate of drug-likeness (QED) is 0.475. The van der Waals surface area contributed by atoms with Crippen molar-refractivity contribution in [3.8, 4) is 28.5 Å². The van der Waals surface area contributed by atoms with E-state index < -0.39 is 0 Å². The summed E-state index contributed by atoms with van der Waals surface area (Å²) in [6.07, 6.45) is 0. The molecule has 0 amide bonds. The second kappa shape index (κ2) is 7.88. The average molecular weight is 369 g/mol. The molecule has 0 unspecified atom stereocenters.